The molecular formula is C51H38N2. The Kier molecular flexibility index (Phi) is 7.19. The number of nitrogens with zero attached hydrogens (tertiary/aromatic N) is 2. The standard InChI is InChI=1S/C51H38N2/c1-51(2)44-25-11-9-22-42(44)50-45(51)26-15-29-48(50)52(39-32-30-36(31-33-39)35-16-5-3-6-17-35)40-21-13-18-37(34-40)41-24-14-28-47-49(41)43-23-10-12-27-46(43)53(47)38-19-7-4-8-20-38/h3-34H,1-2H3. The predicted octanol–water partition coefficient (Wildman–Crippen LogP) is 13.9. The number of hydrogen-bond acceptors (Lipinski definition) is 1. The van der Waals surface area contributed by atoms with Crippen LogP contribution in [0.15, 0.2) is 194 Å². The number of para-hydroxylation sites is 2. The van der Waals surface area contributed by atoms with Gasteiger partial charge in [-0.05, 0) is 93.5 Å². The van der Waals surface area contributed by atoms with E-state index in [0.717, 1.165) is 17.1 Å². The Morgan fingerprint density at radius 1 is 0.434 bits per heavy atom. The molecule has 1 heterocycles. The van der Waals surface area contributed by atoms with Gasteiger partial charge in [-0.25, -0.2) is 0 Å². The van der Waals surface area contributed by atoms with E-state index in [1.807, 2.05) is 0 Å². The molecule has 252 valence electrons. The molecule has 0 atom stereocenters. The van der Waals surface area contributed by atoms with Gasteiger partial charge in [-0.2, -0.15) is 0 Å². The van der Waals surface area contributed by atoms with E-state index < -0.39 is 0 Å². The molecule has 9 aromatic rings. The van der Waals surface area contributed by atoms with Crippen molar-refractivity contribution in [1.29, 1.82) is 0 Å². The monoisotopic (exact) mass is 678 g/mol. The van der Waals surface area contributed by atoms with Gasteiger partial charge in [0.05, 0.1) is 16.7 Å². The first-order valence-corrected chi connectivity index (χ1v) is 18.4. The number of fused-ring (bicyclic) bond motifs is 6. The van der Waals surface area contributed by atoms with Crippen LogP contribution in [-0.4, -0.2) is 4.57 Å². The topological polar surface area (TPSA) is 8.17 Å². The first kappa shape index (κ1) is 31.1. The first-order valence-electron chi connectivity index (χ1n) is 18.4. The Morgan fingerprint density at radius 2 is 1.04 bits per heavy atom. The SMILES string of the molecule is CC1(C)c2ccccc2-c2c(N(c3ccc(-c4ccccc4)cc3)c3cccc(-c4cccc5c4c4ccccc4n5-c4ccccc4)c3)cccc21. The molecule has 0 unspecified atom stereocenters. The van der Waals surface area contributed by atoms with E-state index in [-0.39, 0.29) is 5.41 Å². The maximum absolute atomic E-state index is 2.46. The molecule has 2 heteroatoms. The summed E-state index contributed by atoms with van der Waals surface area (Å²) in [5.74, 6) is 0. The summed E-state index contributed by atoms with van der Waals surface area (Å²) in [6.45, 7) is 4.71. The van der Waals surface area contributed by atoms with E-state index in [1.54, 1.807) is 0 Å². The van der Waals surface area contributed by atoms with Crippen LogP contribution in [0.1, 0.15) is 25.0 Å². The van der Waals surface area contributed by atoms with Crippen LogP contribution in [0.2, 0.25) is 0 Å². The summed E-state index contributed by atoms with van der Waals surface area (Å²) >= 11 is 0. The summed E-state index contributed by atoms with van der Waals surface area (Å²) in [7, 11) is 0. The molecule has 0 fully saturated rings. The molecule has 0 spiro atoms. The molecule has 0 aliphatic heterocycles. The third-order valence-corrected chi connectivity index (χ3v) is 11.2. The van der Waals surface area contributed by atoms with Gasteiger partial charge in [0.2, 0.25) is 0 Å². The minimum Gasteiger partial charge on any atom is -0.310 e. The summed E-state index contributed by atoms with van der Waals surface area (Å²) in [5, 5.41) is 2.51. The maximum atomic E-state index is 2.46. The Bertz CT molecular complexity index is 2790. The van der Waals surface area contributed by atoms with E-state index in [4.69, 9.17) is 0 Å². The van der Waals surface area contributed by atoms with Crippen LogP contribution in [0.4, 0.5) is 17.1 Å². The van der Waals surface area contributed by atoms with Gasteiger partial charge in [-0.15, -0.1) is 0 Å². The molecule has 1 aliphatic carbocycles. The summed E-state index contributed by atoms with van der Waals surface area (Å²) < 4.78 is 2.39. The number of hydrogen-bond donors (Lipinski definition) is 0. The van der Waals surface area contributed by atoms with E-state index in [9.17, 15) is 0 Å². The van der Waals surface area contributed by atoms with E-state index in [2.05, 4.69) is 217 Å². The lowest BCUT2D eigenvalue weighted by Crippen LogP contribution is -2.16. The van der Waals surface area contributed by atoms with Crippen LogP contribution in [0.5, 0.6) is 0 Å². The average molecular weight is 679 g/mol. The fourth-order valence-corrected chi connectivity index (χ4v) is 8.71. The van der Waals surface area contributed by atoms with Gasteiger partial charge in [0.15, 0.2) is 0 Å². The van der Waals surface area contributed by atoms with Crippen LogP contribution >= 0.6 is 0 Å². The van der Waals surface area contributed by atoms with Gasteiger partial charge in [-0.1, -0.05) is 153 Å². The molecule has 2 nitrogen and oxygen atoms in total. The van der Waals surface area contributed by atoms with Gasteiger partial charge in [-0.3, -0.25) is 0 Å². The molecule has 53 heavy (non-hydrogen) atoms. The van der Waals surface area contributed by atoms with Crippen molar-refractivity contribution >= 4 is 38.9 Å². The van der Waals surface area contributed by atoms with Crippen LogP contribution in [0.3, 0.4) is 0 Å². The molecule has 0 N–H and O–H groups in total. The normalized spacial score (nSPS) is 12.9. The highest BCUT2D eigenvalue weighted by Gasteiger charge is 2.37. The summed E-state index contributed by atoms with van der Waals surface area (Å²) in [4.78, 5) is 2.46. The number of aromatic nitrogens is 1. The lowest BCUT2D eigenvalue weighted by Gasteiger charge is -2.29. The summed E-state index contributed by atoms with van der Waals surface area (Å²) in [5.41, 5.74) is 17.1. The second-order valence-corrected chi connectivity index (χ2v) is 14.6. The Hall–Kier alpha value is -6.64. The van der Waals surface area contributed by atoms with Gasteiger partial charge in [0.1, 0.15) is 0 Å². The molecule has 0 saturated heterocycles. The lowest BCUT2D eigenvalue weighted by molar-refractivity contribution is 0.660. The van der Waals surface area contributed by atoms with Crippen molar-refractivity contribution in [3.63, 3.8) is 0 Å². The second kappa shape index (κ2) is 12.3. The molecule has 0 radical (unpaired) electrons. The zero-order chi connectivity index (χ0) is 35.5. The Balaban J connectivity index is 1.19. The lowest BCUT2D eigenvalue weighted by atomic mass is 9.82. The number of benzene rings is 8. The van der Waals surface area contributed by atoms with Gasteiger partial charge >= 0.3 is 0 Å². The zero-order valence-electron chi connectivity index (χ0n) is 29.9. The van der Waals surface area contributed by atoms with E-state index >= 15 is 0 Å². The fraction of sp³-hybridized carbons (Fsp3) is 0.0588. The van der Waals surface area contributed by atoms with Crippen molar-refractivity contribution in [2.75, 3.05) is 4.90 Å². The smallest absolute Gasteiger partial charge is 0.0547 e. The van der Waals surface area contributed by atoms with Crippen LogP contribution < -0.4 is 4.90 Å². The Morgan fingerprint density at radius 3 is 1.87 bits per heavy atom. The first-order chi connectivity index (χ1) is 26.1. The molecule has 1 aliphatic rings. The van der Waals surface area contributed by atoms with Crippen molar-refractivity contribution in [2.24, 2.45) is 0 Å². The van der Waals surface area contributed by atoms with Gasteiger partial charge in [0.25, 0.3) is 0 Å². The van der Waals surface area contributed by atoms with Crippen molar-refractivity contribution in [3.8, 4) is 39.1 Å². The molecule has 1 aromatic heterocycles. The highest BCUT2D eigenvalue weighted by Crippen LogP contribution is 2.54. The van der Waals surface area contributed by atoms with Gasteiger partial charge < -0.3 is 9.47 Å². The highest BCUT2D eigenvalue weighted by molar-refractivity contribution is 6.16. The largest absolute Gasteiger partial charge is 0.310 e. The molecule has 0 bridgehead atoms. The minimum atomic E-state index is -0.102. The summed E-state index contributed by atoms with van der Waals surface area (Å²) in [6, 6.07) is 70.8. The second-order valence-electron chi connectivity index (χ2n) is 14.6. The quantitative estimate of drug-likeness (QED) is 0.170. The van der Waals surface area contributed by atoms with Crippen LogP contribution in [0.25, 0.3) is 60.9 Å². The Labute approximate surface area is 310 Å². The third kappa shape index (κ3) is 4.94. The fourth-order valence-electron chi connectivity index (χ4n) is 8.71. The van der Waals surface area contributed by atoms with Crippen molar-refractivity contribution in [3.05, 3.63) is 205 Å². The molecule has 8 aromatic carbocycles. The van der Waals surface area contributed by atoms with E-state index in [1.165, 1.54) is 72.0 Å². The molecular weight excluding hydrogens is 641 g/mol. The number of rotatable bonds is 6. The van der Waals surface area contributed by atoms with Crippen LogP contribution in [0, 0.1) is 0 Å². The molecule has 0 amide bonds. The highest BCUT2D eigenvalue weighted by atomic mass is 15.1. The third-order valence-electron chi connectivity index (χ3n) is 11.2. The predicted molar refractivity (Wildman–Crippen MR) is 224 cm³/mol. The van der Waals surface area contributed by atoms with Crippen molar-refractivity contribution < 1.29 is 0 Å². The van der Waals surface area contributed by atoms with Crippen molar-refractivity contribution in [2.45, 2.75) is 19.3 Å². The van der Waals surface area contributed by atoms with E-state index in [0.29, 0.717) is 0 Å². The maximum Gasteiger partial charge on any atom is 0.0547 e. The summed E-state index contributed by atoms with van der Waals surface area (Å²) in [6.07, 6.45) is 0. The molecule has 0 saturated carbocycles. The number of anilines is 3. The average Bonchev–Trinajstić information content (AvgIpc) is 3.68. The zero-order valence-corrected chi connectivity index (χ0v) is 29.9. The van der Waals surface area contributed by atoms with Crippen LogP contribution in [-0.2, 0) is 5.41 Å². The molecule has 10 rings (SSSR count). The van der Waals surface area contributed by atoms with Crippen molar-refractivity contribution in [1.82, 2.24) is 4.57 Å². The van der Waals surface area contributed by atoms with Gasteiger partial charge in [0, 0.05) is 38.8 Å². The minimum absolute atomic E-state index is 0.102.